The van der Waals surface area contributed by atoms with E-state index in [1.54, 1.807) is 18.0 Å². The summed E-state index contributed by atoms with van der Waals surface area (Å²) in [6.45, 7) is 0. The molecule has 0 saturated heterocycles. The average molecular weight is 364 g/mol. The lowest BCUT2D eigenvalue weighted by molar-refractivity contribution is -0.118. The van der Waals surface area contributed by atoms with Gasteiger partial charge in [-0.25, -0.2) is 4.98 Å². The molecule has 6 nitrogen and oxygen atoms in total. The van der Waals surface area contributed by atoms with Gasteiger partial charge in [-0.15, -0.1) is 11.3 Å². The van der Waals surface area contributed by atoms with E-state index in [0.29, 0.717) is 5.13 Å². The van der Waals surface area contributed by atoms with E-state index < -0.39 is 6.04 Å². The molecule has 0 saturated carbocycles. The summed E-state index contributed by atoms with van der Waals surface area (Å²) in [5.74, 6) is 0.539. The van der Waals surface area contributed by atoms with Gasteiger partial charge in [-0.2, -0.15) is 5.10 Å². The molecular weight excluding hydrogens is 348 g/mol. The molecule has 2 heterocycles. The third-order valence-electron chi connectivity index (χ3n) is 4.02. The summed E-state index contributed by atoms with van der Waals surface area (Å²) >= 11 is 1.38. The van der Waals surface area contributed by atoms with Crippen molar-refractivity contribution in [1.29, 1.82) is 0 Å². The highest BCUT2D eigenvalue weighted by Crippen LogP contribution is 2.25. The van der Waals surface area contributed by atoms with E-state index in [2.05, 4.69) is 15.4 Å². The molecule has 1 N–H and O–H groups in total. The van der Waals surface area contributed by atoms with E-state index >= 15 is 0 Å². The first-order chi connectivity index (χ1) is 12.7. The topological polar surface area (TPSA) is 69.0 Å². The molecule has 1 amide bonds. The fourth-order valence-electron chi connectivity index (χ4n) is 2.79. The lowest BCUT2D eigenvalue weighted by atomic mass is 10.1. The van der Waals surface area contributed by atoms with Crippen LogP contribution in [0.5, 0.6) is 5.75 Å². The summed E-state index contributed by atoms with van der Waals surface area (Å²) < 4.78 is 6.94. The second-order valence-corrected chi connectivity index (χ2v) is 6.57. The molecule has 7 heteroatoms. The summed E-state index contributed by atoms with van der Waals surface area (Å²) in [6.07, 6.45) is 3.53. The predicted molar refractivity (Wildman–Crippen MR) is 102 cm³/mol. The van der Waals surface area contributed by atoms with Gasteiger partial charge in [0, 0.05) is 29.2 Å². The van der Waals surface area contributed by atoms with Crippen LogP contribution in [0.4, 0.5) is 5.13 Å². The summed E-state index contributed by atoms with van der Waals surface area (Å²) in [5.41, 5.74) is 1.62. The maximum Gasteiger partial charge on any atom is 0.255 e. The average Bonchev–Trinajstić information content (AvgIpc) is 3.31. The Labute approximate surface area is 154 Å². The minimum atomic E-state index is -0.599. The van der Waals surface area contributed by atoms with Crippen LogP contribution in [-0.4, -0.2) is 27.8 Å². The van der Waals surface area contributed by atoms with Crippen molar-refractivity contribution in [2.45, 2.75) is 6.04 Å². The second kappa shape index (κ2) is 6.97. The number of methoxy groups -OCH3 is 1. The van der Waals surface area contributed by atoms with Gasteiger partial charge in [0.1, 0.15) is 5.75 Å². The first kappa shape index (κ1) is 16.3. The van der Waals surface area contributed by atoms with Gasteiger partial charge in [-0.05, 0) is 17.7 Å². The summed E-state index contributed by atoms with van der Waals surface area (Å²) in [7, 11) is 1.62. The zero-order chi connectivity index (χ0) is 17.9. The number of benzene rings is 2. The monoisotopic (exact) mass is 364 g/mol. The Kier molecular flexibility index (Phi) is 4.37. The van der Waals surface area contributed by atoms with E-state index in [4.69, 9.17) is 4.74 Å². The van der Waals surface area contributed by atoms with E-state index in [0.717, 1.165) is 22.2 Å². The Morgan fingerprint density at radius 3 is 2.81 bits per heavy atom. The number of carbonyl (C=O) groups excluding carboxylic acids is 1. The van der Waals surface area contributed by atoms with Crippen LogP contribution in [0.2, 0.25) is 0 Å². The number of nitrogens with zero attached hydrogens (tertiary/aromatic N) is 3. The third kappa shape index (κ3) is 3.16. The molecule has 130 valence electrons. The molecule has 4 rings (SSSR count). The zero-order valence-corrected chi connectivity index (χ0v) is 14.8. The number of ether oxygens (including phenoxy) is 1. The first-order valence-electron chi connectivity index (χ1n) is 8.03. The number of aromatic nitrogens is 3. The van der Waals surface area contributed by atoms with Crippen molar-refractivity contribution in [1.82, 2.24) is 14.8 Å². The molecule has 2 aromatic heterocycles. The van der Waals surface area contributed by atoms with Gasteiger partial charge in [0.05, 0.1) is 12.6 Å². The molecule has 0 bridgehead atoms. The Morgan fingerprint density at radius 1 is 1.23 bits per heavy atom. The molecule has 0 aliphatic carbocycles. The van der Waals surface area contributed by atoms with Gasteiger partial charge in [0.2, 0.25) is 0 Å². The lowest BCUT2D eigenvalue weighted by Gasteiger charge is -2.17. The summed E-state index contributed by atoms with van der Waals surface area (Å²) in [4.78, 5) is 17.1. The third-order valence-corrected chi connectivity index (χ3v) is 4.71. The fourth-order valence-corrected chi connectivity index (χ4v) is 3.32. The molecule has 2 aromatic carbocycles. The van der Waals surface area contributed by atoms with Crippen LogP contribution in [0.3, 0.4) is 0 Å². The molecule has 4 aromatic rings. The molecule has 0 aliphatic rings. The van der Waals surface area contributed by atoms with Gasteiger partial charge in [0.15, 0.2) is 11.2 Å². The standard InChI is InChI=1S/C19H16N4O2S/c1-25-15-8-7-14-12-23(22-16(14)11-15)17(13-5-3-2-4-6-13)18(24)21-19-20-9-10-26-19/h2-12,17H,1H3,(H,20,21,24)/t17-/m1/s1. The van der Waals surface area contributed by atoms with Crippen molar-refractivity contribution >= 4 is 33.3 Å². The number of hydrogen-bond donors (Lipinski definition) is 1. The second-order valence-electron chi connectivity index (χ2n) is 5.67. The Morgan fingerprint density at radius 2 is 2.08 bits per heavy atom. The number of amides is 1. The quantitative estimate of drug-likeness (QED) is 0.586. The maximum atomic E-state index is 13.0. The largest absolute Gasteiger partial charge is 0.497 e. The van der Waals surface area contributed by atoms with Crippen LogP contribution < -0.4 is 10.1 Å². The van der Waals surface area contributed by atoms with Crippen LogP contribution in [0.1, 0.15) is 11.6 Å². The fraction of sp³-hybridized carbons (Fsp3) is 0.105. The van der Waals surface area contributed by atoms with Gasteiger partial charge < -0.3 is 4.74 Å². The van der Waals surface area contributed by atoms with Crippen LogP contribution >= 0.6 is 11.3 Å². The SMILES string of the molecule is COc1ccc2cn([C@@H](C(=O)Nc3nccs3)c3ccccc3)nc2c1. The van der Waals surface area contributed by atoms with Crippen molar-refractivity contribution < 1.29 is 9.53 Å². The number of thiazole rings is 1. The van der Waals surface area contributed by atoms with Crippen molar-refractivity contribution in [2.75, 3.05) is 12.4 Å². The number of rotatable bonds is 5. The molecule has 26 heavy (non-hydrogen) atoms. The molecule has 0 spiro atoms. The Hall–Kier alpha value is -3.19. The van der Waals surface area contributed by atoms with Crippen LogP contribution in [0.25, 0.3) is 10.9 Å². The minimum absolute atomic E-state index is 0.189. The summed E-state index contributed by atoms with van der Waals surface area (Å²) in [6, 6.07) is 14.6. The number of hydrogen-bond acceptors (Lipinski definition) is 5. The first-order valence-corrected chi connectivity index (χ1v) is 8.91. The van der Waals surface area contributed by atoms with Gasteiger partial charge in [-0.1, -0.05) is 30.3 Å². The van der Waals surface area contributed by atoms with E-state index in [1.807, 2.05) is 60.1 Å². The lowest BCUT2D eigenvalue weighted by Crippen LogP contribution is -2.27. The highest BCUT2D eigenvalue weighted by Gasteiger charge is 2.24. The Bertz CT molecular complexity index is 1030. The molecule has 0 aliphatic heterocycles. The smallest absolute Gasteiger partial charge is 0.255 e. The molecule has 0 fully saturated rings. The number of carbonyl (C=O) groups is 1. The normalized spacial score (nSPS) is 12.0. The number of nitrogens with one attached hydrogen (secondary N) is 1. The zero-order valence-electron chi connectivity index (χ0n) is 14.0. The summed E-state index contributed by atoms with van der Waals surface area (Å²) in [5, 5.41) is 10.8. The number of fused-ring (bicyclic) bond motifs is 1. The van der Waals surface area contributed by atoms with Crippen LogP contribution in [-0.2, 0) is 4.79 Å². The van der Waals surface area contributed by atoms with E-state index in [-0.39, 0.29) is 5.91 Å². The maximum absolute atomic E-state index is 13.0. The Balaban J connectivity index is 1.76. The van der Waals surface area contributed by atoms with Gasteiger partial charge >= 0.3 is 0 Å². The molecular formula is C19H16N4O2S. The molecule has 1 atom stereocenters. The highest BCUT2D eigenvalue weighted by molar-refractivity contribution is 7.13. The van der Waals surface area contributed by atoms with Crippen LogP contribution in [0, 0.1) is 0 Å². The van der Waals surface area contributed by atoms with Gasteiger partial charge in [-0.3, -0.25) is 14.8 Å². The van der Waals surface area contributed by atoms with E-state index in [1.165, 1.54) is 11.3 Å². The van der Waals surface area contributed by atoms with Gasteiger partial charge in [0.25, 0.3) is 5.91 Å². The van der Waals surface area contributed by atoms with Crippen molar-refractivity contribution in [2.24, 2.45) is 0 Å². The van der Waals surface area contributed by atoms with Crippen molar-refractivity contribution in [3.05, 3.63) is 71.9 Å². The highest BCUT2D eigenvalue weighted by atomic mass is 32.1. The number of anilines is 1. The van der Waals surface area contributed by atoms with E-state index in [9.17, 15) is 4.79 Å². The molecule has 0 unspecified atom stereocenters. The molecule has 0 radical (unpaired) electrons. The van der Waals surface area contributed by atoms with Crippen molar-refractivity contribution in [3.8, 4) is 5.75 Å². The predicted octanol–water partition coefficient (Wildman–Crippen LogP) is 3.73. The van der Waals surface area contributed by atoms with Crippen LogP contribution in [0.15, 0.2) is 66.3 Å². The minimum Gasteiger partial charge on any atom is -0.497 e. The van der Waals surface area contributed by atoms with Crippen molar-refractivity contribution in [3.63, 3.8) is 0 Å².